The summed E-state index contributed by atoms with van der Waals surface area (Å²) in [5, 5.41) is 9.14. The summed E-state index contributed by atoms with van der Waals surface area (Å²) < 4.78 is 11.1. The molecule has 1 fully saturated rings. The van der Waals surface area contributed by atoms with E-state index in [1.54, 1.807) is 0 Å². The Labute approximate surface area is 102 Å². The first-order valence-corrected chi connectivity index (χ1v) is 6.08. The summed E-state index contributed by atoms with van der Waals surface area (Å²) in [5.41, 5.74) is 1.01. The third-order valence-electron chi connectivity index (χ3n) is 2.94. The first-order valence-electron chi connectivity index (χ1n) is 6.08. The predicted molar refractivity (Wildman–Crippen MR) is 64.3 cm³/mol. The van der Waals surface area contributed by atoms with Crippen molar-refractivity contribution in [3.63, 3.8) is 0 Å². The summed E-state index contributed by atoms with van der Waals surface area (Å²) >= 11 is 0. The van der Waals surface area contributed by atoms with Crippen LogP contribution >= 0.6 is 0 Å². The van der Waals surface area contributed by atoms with Crippen molar-refractivity contribution in [1.82, 2.24) is 0 Å². The van der Waals surface area contributed by atoms with Crippen LogP contribution in [0.1, 0.15) is 30.7 Å². The Balaban J connectivity index is 1.86. The van der Waals surface area contributed by atoms with Gasteiger partial charge in [0.25, 0.3) is 0 Å². The summed E-state index contributed by atoms with van der Waals surface area (Å²) in [7, 11) is 0. The topological polar surface area (TPSA) is 42.2 Å². The van der Waals surface area contributed by atoms with Gasteiger partial charge in [-0.15, -0.1) is 0 Å². The maximum absolute atomic E-state index is 9.14. The van der Waals surface area contributed by atoms with Gasteiger partial charge in [-0.25, -0.2) is 0 Å². The Kier molecular flexibility index (Phi) is 4.54. The van der Waals surface area contributed by atoms with E-state index in [0.717, 1.165) is 31.4 Å². The number of ether oxygens (including phenoxy) is 2. The molecule has 0 aromatic heterocycles. The molecule has 0 amide bonds. The molecule has 3 heteroatoms. The second-order valence-corrected chi connectivity index (χ2v) is 4.22. The SMILES string of the molecule is N#CC(COC1CCCCO1)c1ccccc1. The first kappa shape index (κ1) is 12.1. The second-order valence-electron chi connectivity index (χ2n) is 4.22. The molecule has 1 aromatic carbocycles. The van der Waals surface area contributed by atoms with Crippen molar-refractivity contribution in [2.45, 2.75) is 31.5 Å². The molecule has 0 saturated carbocycles. The van der Waals surface area contributed by atoms with Crippen LogP contribution in [0, 0.1) is 11.3 Å². The second kappa shape index (κ2) is 6.39. The van der Waals surface area contributed by atoms with Crippen molar-refractivity contribution in [2.75, 3.05) is 13.2 Å². The maximum atomic E-state index is 9.14. The van der Waals surface area contributed by atoms with Gasteiger partial charge in [-0.2, -0.15) is 5.26 Å². The summed E-state index contributed by atoms with van der Waals surface area (Å²) in [4.78, 5) is 0. The van der Waals surface area contributed by atoms with E-state index in [0.29, 0.717) is 6.61 Å². The summed E-state index contributed by atoms with van der Waals surface area (Å²) in [6, 6.07) is 12.0. The van der Waals surface area contributed by atoms with E-state index < -0.39 is 0 Å². The molecule has 90 valence electrons. The number of benzene rings is 1. The van der Waals surface area contributed by atoms with Crippen LogP contribution in [0.25, 0.3) is 0 Å². The molecule has 0 radical (unpaired) electrons. The molecular weight excluding hydrogens is 214 g/mol. The van der Waals surface area contributed by atoms with E-state index in [-0.39, 0.29) is 12.2 Å². The lowest BCUT2D eigenvalue weighted by atomic mass is 10.0. The zero-order chi connectivity index (χ0) is 11.9. The zero-order valence-electron chi connectivity index (χ0n) is 9.84. The molecule has 0 spiro atoms. The smallest absolute Gasteiger partial charge is 0.157 e. The molecule has 0 bridgehead atoms. The first-order chi connectivity index (χ1) is 8.40. The minimum atomic E-state index is -0.207. The van der Waals surface area contributed by atoms with Crippen LogP contribution in [0.2, 0.25) is 0 Å². The van der Waals surface area contributed by atoms with Gasteiger partial charge in [-0.05, 0) is 24.8 Å². The van der Waals surface area contributed by atoms with E-state index in [2.05, 4.69) is 6.07 Å². The number of hydrogen-bond acceptors (Lipinski definition) is 3. The predicted octanol–water partition coefficient (Wildman–Crippen LogP) is 2.84. The van der Waals surface area contributed by atoms with Crippen LogP contribution in [0.3, 0.4) is 0 Å². The van der Waals surface area contributed by atoms with Crippen molar-refractivity contribution >= 4 is 0 Å². The molecule has 1 aliphatic heterocycles. The quantitative estimate of drug-likeness (QED) is 0.800. The van der Waals surface area contributed by atoms with Crippen LogP contribution in [0.4, 0.5) is 0 Å². The molecule has 1 saturated heterocycles. The third-order valence-corrected chi connectivity index (χ3v) is 2.94. The maximum Gasteiger partial charge on any atom is 0.157 e. The lowest BCUT2D eigenvalue weighted by molar-refractivity contribution is -0.163. The molecule has 3 nitrogen and oxygen atoms in total. The molecule has 2 rings (SSSR count). The van der Waals surface area contributed by atoms with E-state index in [1.807, 2.05) is 30.3 Å². The largest absolute Gasteiger partial charge is 0.353 e. The average molecular weight is 231 g/mol. The lowest BCUT2D eigenvalue weighted by Gasteiger charge is -2.23. The molecule has 1 aromatic rings. The van der Waals surface area contributed by atoms with Gasteiger partial charge in [-0.1, -0.05) is 30.3 Å². The van der Waals surface area contributed by atoms with E-state index in [9.17, 15) is 0 Å². The highest BCUT2D eigenvalue weighted by Gasteiger charge is 2.17. The standard InChI is InChI=1S/C14H17NO2/c15-10-13(12-6-2-1-3-7-12)11-17-14-8-4-5-9-16-14/h1-3,6-7,13-14H,4-5,8-9,11H2. The Bertz CT molecular complexity index is 366. The Morgan fingerprint density at radius 3 is 2.82 bits per heavy atom. The molecule has 2 unspecified atom stereocenters. The van der Waals surface area contributed by atoms with Crippen LogP contribution in [-0.2, 0) is 9.47 Å². The monoisotopic (exact) mass is 231 g/mol. The number of rotatable bonds is 4. The number of nitrogens with zero attached hydrogens (tertiary/aromatic N) is 1. The fourth-order valence-electron chi connectivity index (χ4n) is 1.94. The van der Waals surface area contributed by atoms with Gasteiger partial charge in [0.15, 0.2) is 6.29 Å². The van der Waals surface area contributed by atoms with E-state index in [4.69, 9.17) is 14.7 Å². The third kappa shape index (κ3) is 3.55. The van der Waals surface area contributed by atoms with Gasteiger partial charge in [-0.3, -0.25) is 0 Å². The molecule has 0 N–H and O–H groups in total. The highest BCUT2D eigenvalue weighted by atomic mass is 16.7. The van der Waals surface area contributed by atoms with Crippen LogP contribution in [-0.4, -0.2) is 19.5 Å². The normalized spacial score (nSPS) is 21.7. The zero-order valence-corrected chi connectivity index (χ0v) is 9.84. The molecule has 17 heavy (non-hydrogen) atoms. The summed E-state index contributed by atoms with van der Waals surface area (Å²) in [5.74, 6) is -0.207. The fourth-order valence-corrected chi connectivity index (χ4v) is 1.94. The molecule has 1 heterocycles. The van der Waals surface area contributed by atoms with E-state index >= 15 is 0 Å². The minimum absolute atomic E-state index is 0.122. The van der Waals surface area contributed by atoms with Crippen molar-refractivity contribution in [3.05, 3.63) is 35.9 Å². The summed E-state index contributed by atoms with van der Waals surface area (Å²) in [6.07, 6.45) is 3.07. The molecule has 0 aliphatic carbocycles. The van der Waals surface area contributed by atoms with Gasteiger partial charge in [0.2, 0.25) is 0 Å². The fraction of sp³-hybridized carbons (Fsp3) is 0.500. The Hall–Kier alpha value is -1.37. The van der Waals surface area contributed by atoms with Gasteiger partial charge in [0, 0.05) is 6.61 Å². The lowest BCUT2D eigenvalue weighted by Crippen LogP contribution is -2.24. The highest BCUT2D eigenvalue weighted by molar-refractivity contribution is 5.24. The van der Waals surface area contributed by atoms with Gasteiger partial charge in [0.05, 0.1) is 18.6 Å². The van der Waals surface area contributed by atoms with Crippen LogP contribution < -0.4 is 0 Å². The number of nitriles is 1. The van der Waals surface area contributed by atoms with Gasteiger partial charge >= 0.3 is 0 Å². The van der Waals surface area contributed by atoms with Gasteiger partial charge in [0.1, 0.15) is 0 Å². The molecule has 1 aliphatic rings. The minimum Gasteiger partial charge on any atom is -0.353 e. The van der Waals surface area contributed by atoms with Crippen molar-refractivity contribution < 1.29 is 9.47 Å². The Morgan fingerprint density at radius 2 is 2.18 bits per heavy atom. The van der Waals surface area contributed by atoms with Crippen LogP contribution in [0.15, 0.2) is 30.3 Å². The summed E-state index contributed by atoms with van der Waals surface area (Å²) in [6.45, 7) is 1.18. The van der Waals surface area contributed by atoms with Gasteiger partial charge < -0.3 is 9.47 Å². The molecule has 2 atom stereocenters. The van der Waals surface area contributed by atoms with Crippen molar-refractivity contribution in [2.24, 2.45) is 0 Å². The highest BCUT2D eigenvalue weighted by Crippen LogP contribution is 2.19. The van der Waals surface area contributed by atoms with Crippen molar-refractivity contribution in [3.8, 4) is 6.07 Å². The van der Waals surface area contributed by atoms with Crippen LogP contribution in [0.5, 0.6) is 0 Å². The number of hydrogen-bond donors (Lipinski definition) is 0. The van der Waals surface area contributed by atoms with E-state index in [1.165, 1.54) is 0 Å². The van der Waals surface area contributed by atoms with Crippen molar-refractivity contribution in [1.29, 1.82) is 5.26 Å². The molecular formula is C14H17NO2. The Morgan fingerprint density at radius 1 is 1.35 bits per heavy atom. The average Bonchev–Trinajstić information content (AvgIpc) is 2.42.